The average molecular weight is 527 g/mol. The van der Waals surface area contributed by atoms with Crippen molar-refractivity contribution in [2.45, 2.75) is 70.7 Å². The molecule has 0 N–H and O–H groups in total. The highest BCUT2D eigenvalue weighted by Crippen LogP contribution is 2.40. The summed E-state index contributed by atoms with van der Waals surface area (Å²) in [6, 6.07) is -0.175. The largest absolute Gasteiger partial charge is 0.456 e. The van der Waals surface area contributed by atoms with Crippen LogP contribution >= 0.6 is 0 Å². The molecule has 0 bridgehead atoms. The molecule has 1 aliphatic rings. The summed E-state index contributed by atoms with van der Waals surface area (Å²) < 4.78 is 103. The highest BCUT2D eigenvalue weighted by atomic mass is 19.4. The van der Waals surface area contributed by atoms with E-state index in [1.165, 1.54) is 6.92 Å². The van der Waals surface area contributed by atoms with Gasteiger partial charge in [-0.05, 0) is 13.0 Å². The number of esters is 3. The first-order valence-electron chi connectivity index (χ1n) is 10.2. The van der Waals surface area contributed by atoms with Gasteiger partial charge in [0, 0.05) is 20.8 Å². The van der Waals surface area contributed by atoms with Crippen molar-refractivity contribution in [3.63, 3.8) is 0 Å². The Labute approximate surface area is 198 Å². The molecule has 2 aromatic heterocycles. The fourth-order valence-corrected chi connectivity index (χ4v) is 3.77. The number of hydrogen-bond donors (Lipinski definition) is 0. The Morgan fingerprint density at radius 3 is 1.92 bits per heavy atom. The van der Waals surface area contributed by atoms with Crippen molar-refractivity contribution in [3.05, 3.63) is 23.7 Å². The van der Waals surface area contributed by atoms with E-state index in [0.717, 1.165) is 27.1 Å². The molecule has 10 nitrogen and oxygen atoms in total. The van der Waals surface area contributed by atoms with E-state index < -0.39 is 83.3 Å². The molecule has 1 saturated heterocycles. The zero-order valence-corrected chi connectivity index (χ0v) is 19.0. The number of carbonyl (C=O) groups excluding carboxylic acids is 3. The van der Waals surface area contributed by atoms with Crippen molar-refractivity contribution in [1.29, 1.82) is 0 Å². The zero-order valence-electron chi connectivity index (χ0n) is 19.0. The fraction of sp³-hybridized carbons (Fsp3) is 0.550. The van der Waals surface area contributed by atoms with Gasteiger partial charge in [0.25, 0.3) is 0 Å². The molecule has 198 valence electrons. The number of fused-ring (bicyclic) bond motifs is 1. The highest BCUT2D eigenvalue weighted by Gasteiger charge is 2.52. The van der Waals surface area contributed by atoms with Gasteiger partial charge >= 0.3 is 30.3 Å². The van der Waals surface area contributed by atoms with E-state index >= 15 is 0 Å². The second-order valence-corrected chi connectivity index (χ2v) is 7.83. The number of aromatic nitrogens is 3. The molecule has 0 aromatic carbocycles. The molecule has 1 aliphatic heterocycles. The molecule has 36 heavy (non-hydrogen) atoms. The minimum absolute atomic E-state index is 0.175. The van der Waals surface area contributed by atoms with Gasteiger partial charge in [-0.2, -0.15) is 26.3 Å². The maximum absolute atomic E-state index is 13.6. The molecule has 0 aliphatic carbocycles. The number of halogens is 6. The second-order valence-electron chi connectivity index (χ2n) is 7.83. The first kappa shape index (κ1) is 27.2. The summed E-state index contributed by atoms with van der Waals surface area (Å²) in [6.45, 7) is 4.32. The SMILES string of the molecule is CC(=O)O[C@@H]1[C@@H](OC(C)=O)[C@H](C)O[C@@H](n2cnc3c(C(F)(F)F)cc(C(F)(F)F)nc32)[C@@H]1OC(C)=O. The van der Waals surface area contributed by atoms with Crippen molar-refractivity contribution in [3.8, 4) is 0 Å². The minimum atomic E-state index is -5.25. The number of alkyl halides is 6. The number of pyridine rings is 1. The maximum Gasteiger partial charge on any atom is 0.433 e. The monoisotopic (exact) mass is 527 g/mol. The van der Waals surface area contributed by atoms with Gasteiger partial charge in [-0.25, -0.2) is 9.97 Å². The summed E-state index contributed by atoms with van der Waals surface area (Å²) in [5.41, 5.74) is -5.38. The Bertz CT molecular complexity index is 1180. The molecule has 0 unspecified atom stereocenters. The van der Waals surface area contributed by atoms with Crippen LogP contribution in [0, 0.1) is 0 Å². The van der Waals surface area contributed by atoms with E-state index in [-0.39, 0.29) is 6.07 Å². The number of carbonyl (C=O) groups is 3. The third kappa shape index (κ3) is 5.52. The molecule has 0 amide bonds. The summed E-state index contributed by atoms with van der Waals surface area (Å²) in [4.78, 5) is 42.1. The fourth-order valence-electron chi connectivity index (χ4n) is 3.77. The molecular formula is C20H19F6N3O7. The molecule has 3 rings (SSSR count). The van der Waals surface area contributed by atoms with E-state index in [1.54, 1.807) is 0 Å². The Morgan fingerprint density at radius 1 is 0.889 bits per heavy atom. The molecule has 0 spiro atoms. The average Bonchev–Trinajstić information content (AvgIpc) is 3.13. The lowest BCUT2D eigenvalue weighted by Crippen LogP contribution is -2.58. The summed E-state index contributed by atoms with van der Waals surface area (Å²) >= 11 is 0. The third-order valence-corrected chi connectivity index (χ3v) is 5.05. The van der Waals surface area contributed by atoms with Crippen LogP contribution in [0.4, 0.5) is 26.3 Å². The van der Waals surface area contributed by atoms with Crippen LogP contribution in [0.5, 0.6) is 0 Å². The Kier molecular flexibility index (Phi) is 7.21. The van der Waals surface area contributed by atoms with Gasteiger partial charge in [-0.3, -0.25) is 19.0 Å². The van der Waals surface area contributed by atoms with Crippen LogP contribution in [0.2, 0.25) is 0 Å². The van der Waals surface area contributed by atoms with Crippen LogP contribution in [-0.4, -0.2) is 56.9 Å². The standard InChI is InChI=1S/C20H19F6N3O7/c1-7-14(34-8(2)30)15(35-9(3)31)16(36-10(4)32)18(33-7)29-6-27-13-11(19(21,22)23)5-12(20(24,25)26)28-17(13)29/h5-7,14-16,18H,1-4H3/t7-,14-,15+,16+,18+/m0/s1. The van der Waals surface area contributed by atoms with Crippen molar-refractivity contribution in [1.82, 2.24) is 14.5 Å². The number of nitrogens with zero attached hydrogens (tertiary/aromatic N) is 3. The van der Waals surface area contributed by atoms with Crippen LogP contribution in [-0.2, 0) is 45.7 Å². The Morgan fingerprint density at radius 2 is 1.42 bits per heavy atom. The molecule has 0 radical (unpaired) electrons. The molecular weight excluding hydrogens is 508 g/mol. The summed E-state index contributed by atoms with van der Waals surface area (Å²) in [5, 5.41) is 0. The van der Waals surface area contributed by atoms with Crippen LogP contribution in [0.1, 0.15) is 45.2 Å². The second kappa shape index (κ2) is 9.55. The highest BCUT2D eigenvalue weighted by molar-refractivity contribution is 5.76. The topological polar surface area (TPSA) is 119 Å². The lowest BCUT2D eigenvalue weighted by molar-refractivity contribution is -0.259. The molecule has 5 atom stereocenters. The number of imidazole rings is 1. The van der Waals surface area contributed by atoms with Crippen molar-refractivity contribution in [2.24, 2.45) is 0 Å². The molecule has 2 aromatic rings. The zero-order chi connectivity index (χ0) is 27.2. The number of hydrogen-bond acceptors (Lipinski definition) is 9. The Hall–Kier alpha value is -3.43. The van der Waals surface area contributed by atoms with Gasteiger partial charge in [0.2, 0.25) is 0 Å². The first-order valence-corrected chi connectivity index (χ1v) is 10.2. The number of rotatable bonds is 4. The van der Waals surface area contributed by atoms with Gasteiger partial charge in [-0.1, -0.05) is 0 Å². The van der Waals surface area contributed by atoms with Gasteiger partial charge in [0.1, 0.15) is 11.2 Å². The van der Waals surface area contributed by atoms with Crippen LogP contribution < -0.4 is 0 Å². The molecule has 1 fully saturated rings. The number of ether oxygens (including phenoxy) is 4. The normalized spacial score (nSPS) is 24.9. The summed E-state index contributed by atoms with van der Waals surface area (Å²) in [6.07, 6.45) is -17.1. The molecule has 16 heteroatoms. The first-order chi connectivity index (χ1) is 16.5. The van der Waals surface area contributed by atoms with Gasteiger partial charge in [0.15, 0.2) is 30.2 Å². The summed E-state index contributed by atoms with van der Waals surface area (Å²) in [5.74, 6) is -2.70. The van der Waals surface area contributed by atoms with Gasteiger partial charge in [-0.15, -0.1) is 0 Å². The van der Waals surface area contributed by atoms with E-state index in [2.05, 4.69) is 9.97 Å². The maximum atomic E-state index is 13.6. The van der Waals surface area contributed by atoms with E-state index in [0.29, 0.717) is 4.57 Å². The van der Waals surface area contributed by atoms with Crippen LogP contribution in [0.15, 0.2) is 12.4 Å². The quantitative estimate of drug-likeness (QED) is 0.336. The minimum Gasteiger partial charge on any atom is -0.456 e. The van der Waals surface area contributed by atoms with Crippen molar-refractivity contribution < 1.29 is 59.7 Å². The van der Waals surface area contributed by atoms with E-state index in [1.807, 2.05) is 0 Å². The van der Waals surface area contributed by atoms with E-state index in [4.69, 9.17) is 18.9 Å². The van der Waals surface area contributed by atoms with Crippen molar-refractivity contribution >= 4 is 29.1 Å². The lowest BCUT2D eigenvalue weighted by atomic mass is 9.97. The van der Waals surface area contributed by atoms with Gasteiger partial charge in [0.05, 0.1) is 18.0 Å². The van der Waals surface area contributed by atoms with Crippen LogP contribution in [0.3, 0.4) is 0 Å². The summed E-state index contributed by atoms with van der Waals surface area (Å²) in [7, 11) is 0. The van der Waals surface area contributed by atoms with Gasteiger partial charge < -0.3 is 18.9 Å². The Balaban J connectivity index is 2.24. The molecule has 0 saturated carbocycles. The smallest absolute Gasteiger partial charge is 0.433 e. The lowest BCUT2D eigenvalue weighted by Gasteiger charge is -2.43. The van der Waals surface area contributed by atoms with Crippen molar-refractivity contribution in [2.75, 3.05) is 0 Å². The van der Waals surface area contributed by atoms with Crippen LogP contribution in [0.25, 0.3) is 11.2 Å². The predicted octanol–water partition coefficient (Wildman–Crippen LogP) is 3.18. The molecule has 3 heterocycles. The van der Waals surface area contributed by atoms with E-state index in [9.17, 15) is 40.7 Å². The third-order valence-electron chi connectivity index (χ3n) is 5.05. The predicted molar refractivity (Wildman–Crippen MR) is 104 cm³/mol.